The van der Waals surface area contributed by atoms with Gasteiger partial charge in [0.15, 0.2) is 5.89 Å². The summed E-state index contributed by atoms with van der Waals surface area (Å²) in [6.45, 7) is 5.56. The fraction of sp³-hybridized carbons (Fsp3) is 0.435. The molecule has 1 aliphatic rings. The summed E-state index contributed by atoms with van der Waals surface area (Å²) in [6, 6.07) is 12.2. The molecular formula is C23H28N4O2. The van der Waals surface area contributed by atoms with Crippen molar-refractivity contribution in [2.45, 2.75) is 44.9 Å². The molecule has 152 valence electrons. The molecule has 1 aromatic carbocycles. The molecule has 3 heterocycles. The molecule has 0 saturated carbocycles. The second kappa shape index (κ2) is 8.23. The van der Waals surface area contributed by atoms with Crippen molar-refractivity contribution in [3.8, 4) is 0 Å². The zero-order valence-electron chi connectivity index (χ0n) is 17.3. The third-order valence-corrected chi connectivity index (χ3v) is 5.56. The van der Waals surface area contributed by atoms with Gasteiger partial charge in [-0.3, -0.25) is 9.48 Å². The van der Waals surface area contributed by atoms with Crippen LogP contribution in [-0.4, -0.2) is 38.7 Å². The van der Waals surface area contributed by atoms with Crippen LogP contribution in [0, 0.1) is 0 Å². The van der Waals surface area contributed by atoms with E-state index in [1.165, 1.54) is 5.56 Å². The van der Waals surface area contributed by atoms with E-state index in [0.29, 0.717) is 18.2 Å². The number of hydrogen-bond donors (Lipinski definition) is 0. The maximum atomic E-state index is 13.1. The van der Waals surface area contributed by atoms with E-state index in [2.05, 4.69) is 36.1 Å². The largest absolute Gasteiger partial charge is 0.445 e. The first kappa shape index (κ1) is 19.4. The lowest BCUT2D eigenvalue weighted by Gasteiger charge is -2.31. The van der Waals surface area contributed by atoms with Crippen LogP contribution in [0.4, 0.5) is 0 Å². The molecule has 2 aromatic heterocycles. The van der Waals surface area contributed by atoms with Gasteiger partial charge in [0.2, 0.25) is 0 Å². The molecule has 1 amide bonds. The molecule has 0 aliphatic carbocycles. The lowest BCUT2D eigenvalue weighted by atomic mass is 9.97. The molecule has 1 aliphatic heterocycles. The third-order valence-electron chi connectivity index (χ3n) is 5.56. The van der Waals surface area contributed by atoms with Gasteiger partial charge in [-0.15, -0.1) is 0 Å². The van der Waals surface area contributed by atoms with E-state index in [0.717, 1.165) is 43.2 Å². The molecule has 6 nitrogen and oxygen atoms in total. The molecule has 0 N–H and O–H groups in total. The predicted octanol–water partition coefficient (Wildman–Crippen LogP) is 4.14. The van der Waals surface area contributed by atoms with E-state index in [1.807, 2.05) is 42.4 Å². The quantitative estimate of drug-likeness (QED) is 0.655. The Morgan fingerprint density at radius 3 is 2.79 bits per heavy atom. The molecule has 0 radical (unpaired) electrons. The Morgan fingerprint density at radius 1 is 1.28 bits per heavy atom. The minimum absolute atomic E-state index is 0.0349. The summed E-state index contributed by atoms with van der Waals surface area (Å²) < 4.78 is 7.75. The number of nitrogens with zero attached hydrogens (tertiary/aromatic N) is 4. The van der Waals surface area contributed by atoms with Crippen molar-refractivity contribution in [1.29, 1.82) is 0 Å². The van der Waals surface area contributed by atoms with E-state index in [4.69, 9.17) is 4.42 Å². The zero-order chi connectivity index (χ0) is 20.4. The van der Waals surface area contributed by atoms with Gasteiger partial charge in [-0.05, 0) is 30.4 Å². The molecule has 0 spiro atoms. The Kier molecular flexibility index (Phi) is 5.51. The highest BCUT2D eigenvalue weighted by molar-refractivity contribution is 5.92. The van der Waals surface area contributed by atoms with E-state index in [9.17, 15) is 4.79 Å². The summed E-state index contributed by atoms with van der Waals surface area (Å²) in [5.41, 5.74) is 2.79. The molecule has 0 bridgehead atoms. The van der Waals surface area contributed by atoms with Gasteiger partial charge in [-0.2, -0.15) is 5.10 Å². The van der Waals surface area contributed by atoms with Crippen molar-refractivity contribution in [3.05, 3.63) is 71.2 Å². The molecule has 1 atom stereocenters. The highest BCUT2D eigenvalue weighted by atomic mass is 16.4. The first-order valence-electron chi connectivity index (χ1n) is 10.3. The van der Waals surface area contributed by atoms with Crippen LogP contribution >= 0.6 is 0 Å². The summed E-state index contributed by atoms with van der Waals surface area (Å²) in [4.78, 5) is 19.5. The van der Waals surface area contributed by atoms with Crippen molar-refractivity contribution in [3.63, 3.8) is 0 Å². The summed E-state index contributed by atoms with van der Waals surface area (Å²) in [7, 11) is 1.84. The number of oxazole rings is 1. The van der Waals surface area contributed by atoms with Crippen LogP contribution in [0.15, 0.2) is 47.0 Å². The Hall–Kier alpha value is -2.89. The van der Waals surface area contributed by atoms with E-state index < -0.39 is 0 Å². The molecule has 3 aromatic rings. The number of aromatic nitrogens is 3. The van der Waals surface area contributed by atoms with E-state index >= 15 is 0 Å². The van der Waals surface area contributed by atoms with Crippen molar-refractivity contribution in [2.24, 2.45) is 7.05 Å². The number of carbonyl (C=O) groups is 1. The number of aryl methyl sites for hydroxylation is 1. The van der Waals surface area contributed by atoms with Gasteiger partial charge in [-0.1, -0.05) is 44.2 Å². The first-order chi connectivity index (χ1) is 14.0. The molecular weight excluding hydrogens is 364 g/mol. The Labute approximate surface area is 171 Å². The number of rotatable bonds is 5. The molecule has 6 heteroatoms. The first-order valence-corrected chi connectivity index (χ1v) is 10.3. The number of hydrogen-bond acceptors (Lipinski definition) is 4. The molecule has 1 fully saturated rings. The monoisotopic (exact) mass is 392 g/mol. The zero-order valence-corrected chi connectivity index (χ0v) is 17.3. The van der Waals surface area contributed by atoms with Gasteiger partial charge in [0.25, 0.3) is 5.91 Å². The summed E-state index contributed by atoms with van der Waals surface area (Å²) in [6.07, 6.45) is 4.48. The van der Waals surface area contributed by atoms with Crippen molar-refractivity contribution < 1.29 is 9.21 Å². The van der Waals surface area contributed by atoms with Crippen LogP contribution < -0.4 is 0 Å². The van der Waals surface area contributed by atoms with Crippen molar-refractivity contribution in [1.82, 2.24) is 19.7 Å². The molecule has 4 rings (SSSR count). The van der Waals surface area contributed by atoms with Crippen LogP contribution in [0.2, 0.25) is 0 Å². The van der Waals surface area contributed by atoms with E-state index in [1.54, 1.807) is 4.68 Å². The maximum Gasteiger partial charge on any atom is 0.272 e. The van der Waals surface area contributed by atoms with Gasteiger partial charge in [0.05, 0.1) is 17.8 Å². The second-order valence-electron chi connectivity index (χ2n) is 8.15. The summed E-state index contributed by atoms with van der Waals surface area (Å²) in [5, 5.41) is 4.48. The second-order valence-corrected chi connectivity index (χ2v) is 8.15. The van der Waals surface area contributed by atoms with Gasteiger partial charge in [-0.25, -0.2) is 4.98 Å². The van der Waals surface area contributed by atoms with Gasteiger partial charge in [0, 0.05) is 26.6 Å². The lowest BCUT2D eigenvalue weighted by molar-refractivity contribution is 0.0686. The lowest BCUT2D eigenvalue weighted by Crippen LogP contribution is -2.40. The number of benzene rings is 1. The smallest absolute Gasteiger partial charge is 0.272 e. The number of likely N-dealkylation sites (tertiary alicyclic amines) is 1. The Balaban J connectivity index is 1.45. The topological polar surface area (TPSA) is 64.2 Å². The standard InChI is InChI=1S/C23H28N4O2/c1-16(2)20-13-21(26(3)25-20)23(28)27-11-7-10-18(15-27)22-24-14-19(29-22)12-17-8-5-4-6-9-17/h4-6,8-9,13-14,16,18H,7,10-12,15H2,1-3H3. The minimum atomic E-state index is 0.0349. The van der Waals surface area contributed by atoms with Crippen molar-refractivity contribution in [2.75, 3.05) is 13.1 Å². The van der Waals surface area contributed by atoms with Crippen LogP contribution in [0.5, 0.6) is 0 Å². The SMILES string of the molecule is CC(C)c1cc(C(=O)N2CCCC(c3ncc(Cc4ccccc4)o3)C2)n(C)n1. The summed E-state index contributed by atoms with van der Waals surface area (Å²) in [5.74, 6) is 2.07. The predicted molar refractivity (Wildman–Crippen MR) is 111 cm³/mol. The Bertz CT molecular complexity index is 974. The van der Waals surface area contributed by atoms with E-state index in [-0.39, 0.29) is 11.8 Å². The summed E-state index contributed by atoms with van der Waals surface area (Å²) >= 11 is 0. The van der Waals surface area contributed by atoms with Crippen molar-refractivity contribution >= 4 is 5.91 Å². The molecule has 1 saturated heterocycles. The van der Waals surface area contributed by atoms with Crippen LogP contribution in [0.25, 0.3) is 0 Å². The van der Waals surface area contributed by atoms with Crippen LogP contribution in [-0.2, 0) is 13.5 Å². The molecule has 29 heavy (non-hydrogen) atoms. The van der Waals surface area contributed by atoms with Gasteiger partial charge >= 0.3 is 0 Å². The number of amides is 1. The third kappa shape index (κ3) is 4.26. The highest BCUT2D eigenvalue weighted by Gasteiger charge is 2.30. The number of carbonyl (C=O) groups excluding carboxylic acids is 1. The highest BCUT2D eigenvalue weighted by Crippen LogP contribution is 2.28. The fourth-order valence-electron chi connectivity index (χ4n) is 3.89. The van der Waals surface area contributed by atoms with Crippen LogP contribution in [0.3, 0.4) is 0 Å². The number of piperidine rings is 1. The average Bonchev–Trinajstić information content (AvgIpc) is 3.35. The van der Waals surface area contributed by atoms with Crippen LogP contribution in [0.1, 0.15) is 71.9 Å². The van der Waals surface area contributed by atoms with Gasteiger partial charge < -0.3 is 9.32 Å². The fourth-order valence-corrected chi connectivity index (χ4v) is 3.89. The normalized spacial score (nSPS) is 17.1. The molecule has 1 unspecified atom stereocenters. The maximum absolute atomic E-state index is 13.1. The average molecular weight is 393 g/mol. The van der Waals surface area contributed by atoms with Gasteiger partial charge in [0.1, 0.15) is 11.5 Å². The Morgan fingerprint density at radius 2 is 2.07 bits per heavy atom. The minimum Gasteiger partial charge on any atom is -0.445 e.